The molecule has 0 aliphatic carbocycles. The van der Waals surface area contributed by atoms with Gasteiger partial charge in [0.1, 0.15) is 5.75 Å². The maximum Gasteiger partial charge on any atom is 0.124 e. The molecule has 0 heterocycles. The van der Waals surface area contributed by atoms with Crippen molar-refractivity contribution in [2.75, 3.05) is 7.11 Å². The molecule has 82 valence electrons. The molecule has 1 aromatic rings. The minimum absolute atomic E-state index is 0.378. The van der Waals surface area contributed by atoms with Gasteiger partial charge in [-0.1, -0.05) is 19.8 Å². The minimum Gasteiger partial charge on any atom is -0.496 e. The van der Waals surface area contributed by atoms with Gasteiger partial charge >= 0.3 is 0 Å². The highest BCUT2D eigenvalue weighted by atomic mass is 35.5. The average molecular weight is 225 g/mol. The standard InChI is InChI=1S/C11H11ClO.C2H6/c1-4-9-5-8(2)6-11(13-3)10(9)7-12;1-2/h1,5-6H,7H2,2-3H3;1-2H3. The van der Waals surface area contributed by atoms with Crippen LogP contribution in [0.5, 0.6) is 5.75 Å². The van der Waals surface area contributed by atoms with Crippen molar-refractivity contribution in [3.8, 4) is 18.1 Å². The molecule has 1 nitrogen and oxygen atoms in total. The lowest BCUT2D eigenvalue weighted by Gasteiger charge is -2.09. The normalized spacial score (nSPS) is 8.53. The van der Waals surface area contributed by atoms with E-state index in [4.69, 9.17) is 22.8 Å². The number of terminal acetylenes is 1. The second kappa shape index (κ2) is 7.20. The van der Waals surface area contributed by atoms with Crippen LogP contribution in [0.25, 0.3) is 0 Å². The maximum absolute atomic E-state index is 5.77. The molecule has 0 fully saturated rings. The molecule has 0 saturated carbocycles. The number of alkyl halides is 1. The molecule has 0 radical (unpaired) electrons. The van der Waals surface area contributed by atoms with E-state index in [-0.39, 0.29) is 0 Å². The molecular formula is C13H17ClO. The first-order chi connectivity index (χ1) is 7.22. The molecule has 0 aliphatic heterocycles. The Labute approximate surface area is 97.4 Å². The van der Waals surface area contributed by atoms with Crippen LogP contribution in [-0.4, -0.2) is 7.11 Å². The van der Waals surface area contributed by atoms with Gasteiger partial charge in [0, 0.05) is 11.1 Å². The van der Waals surface area contributed by atoms with Crippen molar-refractivity contribution in [3.63, 3.8) is 0 Å². The van der Waals surface area contributed by atoms with Crippen LogP contribution < -0.4 is 4.74 Å². The zero-order valence-corrected chi connectivity index (χ0v) is 10.5. The van der Waals surface area contributed by atoms with Crippen molar-refractivity contribution >= 4 is 11.6 Å². The Bertz CT molecular complexity index is 350. The van der Waals surface area contributed by atoms with Crippen LogP contribution in [-0.2, 0) is 5.88 Å². The van der Waals surface area contributed by atoms with Gasteiger partial charge in [-0.05, 0) is 24.6 Å². The van der Waals surface area contributed by atoms with E-state index in [1.165, 1.54) is 0 Å². The Morgan fingerprint density at radius 2 is 2.00 bits per heavy atom. The molecule has 0 N–H and O–H groups in total. The molecular weight excluding hydrogens is 208 g/mol. The predicted octanol–water partition coefficient (Wildman–Crippen LogP) is 3.75. The van der Waals surface area contributed by atoms with Gasteiger partial charge in [-0.15, -0.1) is 18.0 Å². The van der Waals surface area contributed by atoms with Gasteiger partial charge in [-0.25, -0.2) is 0 Å². The molecule has 15 heavy (non-hydrogen) atoms. The van der Waals surface area contributed by atoms with Crippen LogP contribution in [0.2, 0.25) is 0 Å². The zero-order chi connectivity index (χ0) is 11.8. The molecule has 0 saturated heterocycles. The Morgan fingerprint density at radius 1 is 1.40 bits per heavy atom. The van der Waals surface area contributed by atoms with Crippen LogP contribution in [0.4, 0.5) is 0 Å². The lowest BCUT2D eigenvalue weighted by molar-refractivity contribution is 0.411. The second-order valence-corrected chi connectivity index (χ2v) is 3.04. The topological polar surface area (TPSA) is 9.23 Å². The average Bonchev–Trinajstić information content (AvgIpc) is 2.30. The summed E-state index contributed by atoms with van der Waals surface area (Å²) in [5.41, 5.74) is 2.78. The summed E-state index contributed by atoms with van der Waals surface area (Å²) in [6, 6.07) is 3.86. The monoisotopic (exact) mass is 224 g/mol. The predicted molar refractivity (Wildman–Crippen MR) is 66.6 cm³/mol. The van der Waals surface area contributed by atoms with Crippen LogP contribution >= 0.6 is 11.6 Å². The maximum atomic E-state index is 5.77. The van der Waals surface area contributed by atoms with Gasteiger partial charge in [-0.3, -0.25) is 0 Å². The molecule has 1 rings (SSSR count). The van der Waals surface area contributed by atoms with Crippen molar-refractivity contribution in [3.05, 3.63) is 28.8 Å². The summed E-state index contributed by atoms with van der Waals surface area (Å²) in [6.07, 6.45) is 5.35. The number of hydrogen-bond acceptors (Lipinski definition) is 1. The Balaban J connectivity index is 0.000000921. The first-order valence-corrected chi connectivity index (χ1v) is 5.46. The third kappa shape index (κ3) is 3.49. The fourth-order valence-electron chi connectivity index (χ4n) is 1.23. The first-order valence-electron chi connectivity index (χ1n) is 4.93. The summed E-state index contributed by atoms with van der Waals surface area (Å²) in [7, 11) is 1.62. The number of methoxy groups -OCH3 is 1. The molecule has 0 aromatic heterocycles. The lowest BCUT2D eigenvalue weighted by atomic mass is 10.1. The van der Waals surface area contributed by atoms with Gasteiger partial charge in [0.05, 0.1) is 13.0 Å². The van der Waals surface area contributed by atoms with E-state index in [2.05, 4.69) is 5.92 Å². The van der Waals surface area contributed by atoms with Gasteiger partial charge < -0.3 is 4.74 Å². The smallest absolute Gasteiger partial charge is 0.124 e. The number of aryl methyl sites for hydroxylation is 1. The Morgan fingerprint density at radius 3 is 2.40 bits per heavy atom. The summed E-state index contributed by atoms with van der Waals surface area (Å²) in [5, 5.41) is 0. The highest BCUT2D eigenvalue weighted by Gasteiger charge is 2.07. The number of benzene rings is 1. The van der Waals surface area contributed by atoms with Crippen LogP contribution in [0.1, 0.15) is 30.5 Å². The number of rotatable bonds is 2. The largest absolute Gasteiger partial charge is 0.496 e. The molecule has 0 spiro atoms. The van der Waals surface area contributed by atoms with Gasteiger partial charge in [0.2, 0.25) is 0 Å². The highest BCUT2D eigenvalue weighted by Crippen LogP contribution is 2.25. The summed E-state index contributed by atoms with van der Waals surface area (Å²) >= 11 is 5.77. The molecule has 1 aromatic carbocycles. The zero-order valence-electron chi connectivity index (χ0n) is 9.73. The molecule has 0 aliphatic rings. The van der Waals surface area contributed by atoms with Crippen molar-refractivity contribution in [2.45, 2.75) is 26.7 Å². The van der Waals surface area contributed by atoms with Crippen molar-refractivity contribution < 1.29 is 4.74 Å². The van der Waals surface area contributed by atoms with E-state index in [0.29, 0.717) is 5.88 Å². The van der Waals surface area contributed by atoms with E-state index in [0.717, 1.165) is 22.4 Å². The number of halogens is 1. The van der Waals surface area contributed by atoms with E-state index >= 15 is 0 Å². The van der Waals surface area contributed by atoms with Gasteiger partial charge in [-0.2, -0.15) is 0 Å². The lowest BCUT2D eigenvalue weighted by Crippen LogP contribution is -1.94. The molecule has 0 amide bonds. The van der Waals surface area contributed by atoms with Crippen LogP contribution in [0.3, 0.4) is 0 Å². The summed E-state index contributed by atoms with van der Waals surface area (Å²) < 4.78 is 5.18. The third-order valence-corrected chi connectivity index (χ3v) is 2.13. The fraction of sp³-hybridized carbons (Fsp3) is 0.385. The molecule has 2 heteroatoms. The van der Waals surface area contributed by atoms with Crippen LogP contribution in [0.15, 0.2) is 12.1 Å². The highest BCUT2D eigenvalue weighted by molar-refractivity contribution is 6.17. The van der Waals surface area contributed by atoms with E-state index in [1.54, 1.807) is 7.11 Å². The quantitative estimate of drug-likeness (QED) is 0.549. The molecule has 0 bridgehead atoms. The summed E-state index contributed by atoms with van der Waals surface area (Å²) in [6.45, 7) is 5.97. The Hall–Kier alpha value is -1.13. The number of hydrogen-bond donors (Lipinski definition) is 0. The van der Waals surface area contributed by atoms with Crippen molar-refractivity contribution in [1.29, 1.82) is 0 Å². The summed E-state index contributed by atoms with van der Waals surface area (Å²) in [4.78, 5) is 0. The van der Waals surface area contributed by atoms with Crippen molar-refractivity contribution in [2.24, 2.45) is 0 Å². The number of ether oxygens (including phenoxy) is 1. The molecule has 0 atom stereocenters. The first kappa shape index (κ1) is 13.9. The van der Waals surface area contributed by atoms with E-state index < -0.39 is 0 Å². The second-order valence-electron chi connectivity index (χ2n) is 2.77. The van der Waals surface area contributed by atoms with Gasteiger partial charge in [0.25, 0.3) is 0 Å². The molecule has 0 unspecified atom stereocenters. The Kier molecular flexibility index (Phi) is 6.66. The van der Waals surface area contributed by atoms with Crippen molar-refractivity contribution in [1.82, 2.24) is 0 Å². The fourth-order valence-corrected chi connectivity index (χ4v) is 1.51. The van der Waals surface area contributed by atoms with E-state index in [9.17, 15) is 0 Å². The minimum atomic E-state index is 0.378. The SMILES string of the molecule is C#Cc1cc(C)cc(OC)c1CCl.CC. The summed E-state index contributed by atoms with van der Waals surface area (Å²) in [5.74, 6) is 3.74. The van der Waals surface area contributed by atoms with Crippen LogP contribution in [0, 0.1) is 19.3 Å². The van der Waals surface area contributed by atoms with E-state index in [1.807, 2.05) is 32.9 Å². The third-order valence-electron chi connectivity index (χ3n) is 1.86. The van der Waals surface area contributed by atoms with Gasteiger partial charge in [0.15, 0.2) is 0 Å².